The van der Waals surface area contributed by atoms with Gasteiger partial charge in [-0.15, -0.1) is 0 Å². The molecule has 2 unspecified atom stereocenters. The molecule has 11 heteroatoms. The molecular formula is C28H72O6Si5. The fourth-order valence-corrected chi connectivity index (χ4v) is 26.3. The van der Waals surface area contributed by atoms with Crippen LogP contribution >= 0.6 is 0 Å². The molecule has 0 fully saturated rings. The second-order valence-corrected chi connectivity index (χ2v) is 30.7. The molecule has 0 saturated heterocycles. The van der Waals surface area contributed by atoms with Crippen molar-refractivity contribution in [3.05, 3.63) is 30.3 Å². The minimum absolute atomic E-state index is 0. The van der Waals surface area contributed by atoms with Crippen molar-refractivity contribution < 1.29 is 25.9 Å². The summed E-state index contributed by atoms with van der Waals surface area (Å²) in [6, 6.07) is 10.3. The number of ether oxygens (including phenoxy) is 2. The fraction of sp³-hybridized carbons (Fsp3) is 0.786. The molecule has 0 saturated carbocycles. The maximum atomic E-state index is 7.04. The third-order valence-electron chi connectivity index (χ3n) is 4.31. The molecule has 0 aliphatic carbocycles. The molecule has 1 aromatic carbocycles. The maximum absolute atomic E-state index is 7.04. The fourth-order valence-electron chi connectivity index (χ4n) is 3.87. The smallest absolute Gasteiger partial charge is 0.351 e. The Morgan fingerprint density at radius 1 is 0.538 bits per heavy atom. The van der Waals surface area contributed by atoms with E-state index in [1.165, 1.54) is 0 Å². The second kappa shape index (κ2) is 21.7. The van der Waals surface area contributed by atoms with Crippen LogP contribution in [0.3, 0.4) is 0 Å². The predicted octanol–water partition coefficient (Wildman–Crippen LogP) is 9.27. The van der Waals surface area contributed by atoms with Gasteiger partial charge < -0.3 is 25.9 Å². The van der Waals surface area contributed by atoms with E-state index in [-0.39, 0.29) is 44.6 Å². The molecule has 0 N–H and O–H groups in total. The van der Waals surface area contributed by atoms with Gasteiger partial charge in [-0.2, -0.15) is 0 Å². The Bertz CT molecular complexity index is 698. The monoisotopic (exact) mass is 644 g/mol. The van der Waals surface area contributed by atoms with Crippen LogP contribution in [0.4, 0.5) is 0 Å². The van der Waals surface area contributed by atoms with Crippen molar-refractivity contribution in [2.45, 2.75) is 123 Å². The topological polar surface area (TPSA) is 55.4 Å². The van der Waals surface area contributed by atoms with Crippen molar-refractivity contribution in [1.82, 2.24) is 0 Å². The van der Waals surface area contributed by atoms with Gasteiger partial charge in [0.15, 0.2) is 16.6 Å². The van der Waals surface area contributed by atoms with Crippen LogP contribution in [-0.4, -0.2) is 68.4 Å². The molecule has 240 valence electrons. The minimum atomic E-state index is -2.87. The van der Waals surface area contributed by atoms with E-state index in [0.29, 0.717) is 19.4 Å². The van der Waals surface area contributed by atoms with E-state index in [1.807, 2.05) is 18.2 Å². The van der Waals surface area contributed by atoms with Gasteiger partial charge in [0.25, 0.3) is 0 Å². The van der Waals surface area contributed by atoms with E-state index in [0.717, 1.165) is 18.2 Å². The van der Waals surface area contributed by atoms with E-state index in [1.54, 1.807) is 0 Å². The Morgan fingerprint density at radius 2 is 1.00 bits per heavy atom. The summed E-state index contributed by atoms with van der Waals surface area (Å²) < 4.78 is 38.8. The molecular weight excluding hydrogens is 573 g/mol. The summed E-state index contributed by atoms with van der Waals surface area (Å²) in [7, 11) is -11.7. The molecule has 0 amide bonds. The predicted molar refractivity (Wildman–Crippen MR) is 190 cm³/mol. The summed E-state index contributed by atoms with van der Waals surface area (Å²) in [5.74, 6) is 0. The first kappa shape index (κ1) is 51.8. The highest BCUT2D eigenvalue weighted by Crippen LogP contribution is 2.26. The van der Waals surface area contributed by atoms with Gasteiger partial charge >= 0.3 is 25.7 Å². The molecule has 0 radical (unpaired) electrons. The van der Waals surface area contributed by atoms with Crippen LogP contribution in [0.2, 0.25) is 65.5 Å². The average Bonchev–Trinajstić information content (AvgIpc) is 2.61. The molecule has 1 rings (SSSR count). The number of rotatable bonds is 16. The minimum Gasteiger partial charge on any atom is -0.437 e. The molecule has 0 spiro atoms. The molecule has 0 heterocycles. The van der Waals surface area contributed by atoms with E-state index in [9.17, 15) is 0 Å². The Balaban J connectivity index is -0.000000454. The number of benzene rings is 1. The molecule has 6 nitrogen and oxygen atoms in total. The van der Waals surface area contributed by atoms with Crippen molar-refractivity contribution in [1.29, 1.82) is 0 Å². The lowest BCUT2D eigenvalue weighted by Crippen LogP contribution is -2.66. The highest BCUT2D eigenvalue weighted by molar-refractivity contribution is 6.95. The van der Waals surface area contributed by atoms with Gasteiger partial charge in [0.05, 0.1) is 19.4 Å². The summed E-state index contributed by atoms with van der Waals surface area (Å²) in [6.07, 6.45) is 1.45. The molecule has 0 bridgehead atoms. The first-order valence-corrected chi connectivity index (χ1v) is 26.5. The van der Waals surface area contributed by atoms with Crippen LogP contribution < -0.4 is 5.19 Å². The summed E-state index contributed by atoms with van der Waals surface area (Å²) in [4.78, 5) is 0. The first-order valence-electron chi connectivity index (χ1n) is 12.0. The third-order valence-corrected chi connectivity index (χ3v) is 21.8. The van der Waals surface area contributed by atoms with Gasteiger partial charge in [0.1, 0.15) is 0 Å². The standard InChI is InChI=1S/C22H48O6Si5.6CH4/c1-12-18-23-19-20-24-21-32(10,26-30(5,6)7)28-33(11,22-16-14-13-15-17-22)27-31(8,9)25-29(2,3)4;;;;;;/h13-17H,12,18-21H2,1-11H3;6*1H4. The van der Waals surface area contributed by atoms with Crippen LogP contribution in [0.1, 0.15) is 57.9 Å². The maximum Gasteiger partial charge on any atom is 0.351 e. The second-order valence-electron chi connectivity index (χ2n) is 11.1. The quantitative estimate of drug-likeness (QED) is 0.132. The average molecular weight is 645 g/mol. The van der Waals surface area contributed by atoms with E-state index < -0.39 is 42.3 Å². The SMILES string of the molecule is C.C.C.C.C.C.CCCOCCOC[Si](C)(O[Si](C)(C)C)O[Si](C)(O[Si](C)(C)O[Si](C)(C)C)c1ccccc1. The zero-order valence-corrected chi connectivity index (χ0v) is 27.9. The van der Waals surface area contributed by atoms with Crippen molar-refractivity contribution >= 4 is 47.5 Å². The van der Waals surface area contributed by atoms with Crippen LogP contribution in [0, 0.1) is 0 Å². The summed E-state index contributed by atoms with van der Waals surface area (Å²) >= 11 is 0. The van der Waals surface area contributed by atoms with E-state index in [2.05, 4.69) is 84.5 Å². The van der Waals surface area contributed by atoms with Crippen LogP contribution in [0.25, 0.3) is 0 Å². The Kier molecular flexibility index (Phi) is 28.8. The molecule has 0 aliphatic rings. The molecule has 0 aromatic heterocycles. The van der Waals surface area contributed by atoms with Gasteiger partial charge in [-0.3, -0.25) is 0 Å². The highest BCUT2D eigenvalue weighted by atomic mass is 28.5. The van der Waals surface area contributed by atoms with Gasteiger partial charge in [-0.05, 0) is 77.1 Å². The summed E-state index contributed by atoms with van der Waals surface area (Å²) in [5.41, 5.74) is 0. The largest absolute Gasteiger partial charge is 0.437 e. The summed E-state index contributed by atoms with van der Waals surface area (Å²) in [6.45, 7) is 25.7. The van der Waals surface area contributed by atoms with Crippen molar-refractivity contribution in [2.75, 3.05) is 26.1 Å². The zero-order chi connectivity index (χ0) is 25.4. The Labute approximate surface area is 252 Å². The molecule has 2 atom stereocenters. The van der Waals surface area contributed by atoms with Crippen molar-refractivity contribution in [2.24, 2.45) is 0 Å². The normalized spacial score (nSPS) is 14.3. The Morgan fingerprint density at radius 3 is 1.44 bits per heavy atom. The van der Waals surface area contributed by atoms with Crippen molar-refractivity contribution in [3.63, 3.8) is 0 Å². The van der Waals surface area contributed by atoms with Crippen LogP contribution in [0.15, 0.2) is 30.3 Å². The summed E-state index contributed by atoms with van der Waals surface area (Å²) in [5, 5.41) is 1.09. The van der Waals surface area contributed by atoms with Gasteiger partial charge in [0, 0.05) is 6.61 Å². The van der Waals surface area contributed by atoms with E-state index >= 15 is 0 Å². The lowest BCUT2D eigenvalue weighted by atomic mass is 10.4. The number of hydrogen-bond acceptors (Lipinski definition) is 6. The third kappa shape index (κ3) is 22.4. The zero-order valence-electron chi connectivity index (χ0n) is 22.9. The lowest BCUT2D eigenvalue weighted by molar-refractivity contribution is 0.0558. The van der Waals surface area contributed by atoms with Gasteiger partial charge in [-0.25, -0.2) is 0 Å². The highest BCUT2D eigenvalue weighted by Gasteiger charge is 2.50. The molecule has 1 aromatic rings. The molecule has 0 aliphatic heterocycles. The van der Waals surface area contributed by atoms with Crippen molar-refractivity contribution in [3.8, 4) is 0 Å². The Hall–Kier alpha value is 0.0644. The van der Waals surface area contributed by atoms with E-state index in [4.69, 9.17) is 25.9 Å². The van der Waals surface area contributed by atoms with Crippen LogP contribution in [-0.2, 0) is 25.9 Å². The first-order chi connectivity index (χ1) is 15.0. The van der Waals surface area contributed by atoms with Gasteiger partial charge in [0.2, 0.25) is 0 Å². The molecule has 39 heavy (non-hydrogen) atoms. The number of hydrogen-bond donors (Lipinski definition) is 0. The van der Waals surface area contributed by atoms with Gasteiger partial charge in [-0.1, -0.05) is 81.8 Å². The van der Waals surface area contributed by atoms with Crippen LogP contribution in [0.5, 0.6) is 0 Å². The lowest BCUT2D eigenvalue weighted by Gasteiger charge is -2.44.